The van der Waals surface area contributed by atoms with Gasteiger partial charge in [0.2, 0.25) is 5.91 Å². The Balaban J connectivity index is 3.11. The number of hydrogen-bond donors (Lipinski definition) is 2. The van der Waals surface area contributed by atoms with Crippen LogP contribution in [-0.2, 0) is 19.1 Å². The van der Waals surface area contributed by atoms with Crippen molar-refractivity contribution in [3.63, 3.8) is 0 Å². The van der Waals surface area contributed by atoms with Gasteiger partial charge in [-0.15, -0.1) is 0 Å². The number of carbonyl (C=O) groups is 3. The minimum Gasteiger partial charge on any atom is -0.466 e. The van der Waals surface area contributed by atoms with Crippen molar-refractivity contribution < 1.29 is 23.9 Å². The first-order valence-electron chi connectivity index (χ1n) is 8.32. The summed E-state index contributed by atoms with van der Waals surface area (Å²) in [6, 6.07) is 0. The number of nitrogen functional groups attached to an aromatic ring is 1. The molecule has 0 unspecified atom stereocenters. The zero-order chi connectivity index (χ0) is 21.4. The normalized spacial score (nSPS) is 10.5. The molecule has 1 rings (SSSR count). The van der Waals surface area contributed by atoms with Crippen LogP contribution in [0.25, 0.3) is 0 Å². The van der Waals surface area contributed by atoms with Gasteiger partial charge >= 0.3 is 5.97 Å². The summed E-state index contributed by atoms with van der Waals surface area (Å²) < 4.78 is 11.7. The predicted molar refractivity (Wildman–Crippen MR) is 132 cm³/mol. The van der Waals surface area contributed by atoms with Crippen LogP contribution < -0.4 is 16.0 Å². The number of amides is 2. The fourth-order valence-electron chi connectivity index (χ4n) is 2.30. The summed E-state index contributed by atoms with van der Waals surface area (Å²) in [5.41, 5.74) is 7.61. The molecule has 11 heteroatoms. The SMILES string of the molecule is CCOC(=O)CCCC(=O)N(C)c1c(I)c(N)c(I)c(C(=O)NCOC)c1I. The second-order valence-electron chi connectivity index (χ2n) is 5.63. The van der Waals surface area contributed by atoms with Crippen LogP contribution >= 0.6 is 67.8 Å². The lowest BCUT2D eigenvalue weighted by Gasteiger charge is -2.24. The van der Waals surface area contributed by atoms with E-state index in [4.69, 9.17) is 15.2 Å². The fraction of sp³-hybridized carbons (Fsp3) is 0.471. The van der Waals surface area contributed by atoms with Crippen LogP contribution in [-0.4, -0.2) is 45.3 Å². The molecule has 1 aromatic carbocycles. The maximum absolute atomic E-state index is 12.6. The Kier molecular flexibility index (Phi) is 11.3. The molecule has 0 aromatic heterocycles. The highest BCUT2D eigenvalue weighted by Gasteiger charge is 2.27. The number of anilines is 2. The van der Waals surface area contributed by atoms with Gasteiger partial charge in [0.05, 0.1) is 34.3 Å². The highest BCUT2D eigenvalue weighted by atomic mass is 127. The van der Waals surface area contributed by atoms with E-state index in [0.717, 1.165) is 0 Å². The molecule has 0 bridgehead atoms. The van der Waals surface area contributed by atoms with Crippen molar-refractivity contribution in [3.8, 4) is 0 Å². The first kappa shape index (κ1) is 25.6. The summed E-state index contributed by atoms with van der Waals surface area (Å²) >= 11 is 6.15. The van der Waals surface area contributed by atoms with Gasteiger partial charge in [-0.25, -0.2) is 0 Å². The van der Waals surface area contributed by atoms with Crippen LogP contribution in [0.4, 0.5) is 11.4 Å². The second-order valence-corrected chi connectivity index (χ2v) is 8.87. The highest BCUT2D eigenvalue weighted by molar-refractivity contribution is 14.1. The van der Waals surface area contributed by atoms with E-state index in [1.165, 1.54) is 12.0 Å². The lowest BCUT2D eigenvalue weighted by atomic mass is 10.1. The van der Waals surface area contributed by atoms with Gasteiger partial charge < -0.3 is 25.4 Å². The molecule has 0 aliphatic rings. The molecule has 0 radical (unpaired) electrons. The molecule has 156 valence electrons. The molecule has 0 saturated carbocycles. The lowest BCUT2D eigenvalue weighted by Crippen LogP contribution is -2.31. The Morgan fingerprint density at radius 3 is 2.32 bits per heavy atom. The quantitative estimate of drug-likeness (QED) is 0.175. The van der Waals surface area contributed by atoms with E-state index in [0.29, 0.717) is 40.7 Å². The number of halogens is 3. The number of nitrogens with zero attached hydrogens (tertiary/aromatic N) is 1. The molecule has 0 fully saturated rings. The molecule has 2 amide bonds. The van der Waals surface area contributed by atoms with Crippen molar-refractivity contribution in [2.45, 2.75) is 26.2 Å². The van der Waals surface area contributed by atoms with Crippen LogP contribution in [0.1, 0.15) is 36.5 Å². The number of hydrogen-bond acceptors (Lipinski definition) is 6. The number of rotatable bonds is 9. The first-order chi connectivity index (χ1) is 13.2. The minimum absolute atomic E-state index is 0.0643. The number of carbonyl (C=O) groups excluding carboxylic acids is 3. The van der Waals surface area contributed by atoms with Crippen LogP contribution in [0.2, 0.25) is 0 Å². The van der Waals surface area contributed by atoms with Gasteiger partial charge in [0.25, 0.3) is 5.91 Å². The Hall–Kier alpha value is -0.420. The number of esters is 1. The molecular formula is C17H22I3N3O5. The van der Waals surface area contributed by atoms with Gasteiger partial charge in [0, 0.05) is 27.0 Å². The summed E-state index contributed by atoms with van der Waals surface area (Å²) in [6.07, 6.45) is 0.746. The monoisotopic (exact) mass is 729 g/mol. The summed E-state index contributed by atoms with van der Waals surface area (Å²) in [5.74, 6) is -0.829. The van der Waals surface area contributed by atoms with Crippen molar-refractivity contribution in [1.29, 1.82) is 0 Å². The fourth-order valence-corrected chi connectivity index (χ4v) is 6.68. The van der Waals surface area contributed by atoms with Crippen LogP contribution in [0.5, 0.6) is 0 Å². The van der Waals surface area contributed by atoms with Crippen molar-refractivity contribution in [3.05, 3.63) is 16.3 Å². The highest BCUT2D eigenvalue weighted by Crippen LogP contribution is 2.39. The van der Waals surface area contributed by atoms with Gasteiger partial charge in [-0.3, -0.25) is 14.4 Å². The van der Waals surface area contributed by atoms with Crippen molar-refractivity contribution >= 4 is 96.9 Å². The van der Waals surface area contributed by atoms with E-state index >= 15 is 0 Å². The molecule has 28 heavy (non-hydrogen) atoms. The van der Waals surface area contributed by atoms with E-state index in [9.17, 15) is 14.4 Å². The van der Waals surface area contributed by atoms with Crippen LogP contribution in [0.15, 0.2) is 0 Å². The first-order valence-corrected chi connectivity index (χ1v) is 11.6. The topological polar surface area (TPSA) is 111 Å². The third kappa shape index (κ3) is 6.55. The number of methoxy groups -OCH3 is 1. The Morgan fingerprint density at radius 2 is 1.75 bits per heavy atom. The molecule has 0 atom stereocenters. The second kappa shape index (κ2) is 12.3. The molecule has 0 aliphatic carbocycles. The third-order valence-corrected chi connectivity index (χ3v) is 6.98. The smallest absolute Gasteiger partial charge is 0.305 e. The average Bonchev–Trinajstić information content (AvgIpc) is 2.64. The molecular weight excluding hydrogens is 707 g/mol. The number of nitrogens with two attached hydrogens (primary N) is 1. The zero-order valence-electron chi connectivity index (χ0n) is 15.7. The predicted octanol–water partition coefficient (Wildman–Crippen LogP) is 3.11. The van der Waals surface area contributed by atoms with E-state index < -0.39 is 0 Å². The molecule has 3 N–H and O–H groups in total. The van der Waals surface area contributed by atoms with Gasteiger partial charge in [-0.05, 0) is 81.1 Å². The van der Waals surface area contributed by atoms with Crippen LogP contribution in [0, 0.1) is 10.7 Å². The third-order valence-electron chi connectivity index (χ3n) is 3.72. The lowest BCUT2D eigenvalue weighted by molar-refractivity contribution is -0.143. The number of nitrogens with one attached hydrogen (secondary N) is 1. The Bertz CT molecular complexity index is 758. The molecule has 0 saturated heterocycles. The minimum atomic E-state index is -0.330. The summed E-state index contributed by atoms with van der Waals surface area (Å²) in [7, 11) is 3.11. The van der Waals surface area contributed by atoms with Crippen molar-refractivity contribution in [2.24, 2.45) is 0 Å². The van der Waals surface area contributed by atoms with Gasteiger partial charge in [0.1, 0.15) is 6.73 Å². The summed E-state index contributed by atoms with van der Waals surface area (Å²) in [6.45, 7) is 2.12. The maximum atomic E-state index is 12.6. The average molecular weight is 729 g/mol. The number of ether oxygens (including phenoxy) is 2. The van der Waals surface area contributed by atoms with Crippen LogP contribution in [0.3, 0.4) is 0 Å². The molecule has 0 heterocycles. The van der Waals surface area contributed by atoms with E-state index in [1.54, 1.807) is 14.0 Å². The molecule has 8 nitrogen and oxygen atoms in total. The van der Waals surface area contributed by atoms with Crippen molar-refractivity contribution in [2.75, 3.05) is 38.1 Å². The van der Waals surface area contributed by atoms with Gasteiger partial charge in [0.15, 0.2) is 0 Å². The van der Waals surface area contributed by atoms with Gasteiger partial charge in [-0.2, -0.15) is 0 Å². The van der Waals surface area contributed by atoms with E-state index in [1.807, 2.05) is 45.2 Å². The van der Waals surface area contributed by atoms with Crippen molar-refractivity contribution in [1.82, 2.24) is 5.32 Å². The molecule has 0 aliphatic heterocycles. The molecule has 0 spiro atoms. The Labute approximate surface area is 205 Å². The largest absolute Gasteiger partial charge is 0.466 e. The van der Waals surface area contributed by atoms with E-state index in [2.05, 4.69) is 27.9 Å². The molecule has 1 aromatic rings. The maximum Gasteiger partial charge on any atom is 0.305 e. The van der Waals surface area contributed by atoms with Gasteiger partial charge in [-0.1, -0.05) is 0 Å². The van der Waals surface area contributed by atoms with E-state index in [-0.39, 0.29) is 37.4 Å². The number of benzene rings is 1. The summed E-state index contributed by atoms with van der Waals surface area (Å²) in [5, 5.41) is 2.65. The summed E-state index contributed by atoms with van der Waals surface area (Å²) in [4.78, 5) is 38.1. The zero-order valence-corrected chi connectivity index (χ0v) is 22.2. The Morgan fingerprint density at radius 1 is 1.11 bits per heavy atom. The standard InChI is InChI=1S/C17H22I3N3O5/c1-4-28-10(25)7-5-6-9(24)23(2)16-13(19)11(17(26)22-8-27-3)12(18)15(21)14(16)20/h4-8,21H2,1-3H3,(H,22,26).